The molecule has 4 nitrogen and oxygen atoms in total. The highest BCUT2D eigenvalue weighted by atomic mass is 16.5. The van der Waals surface area contributed by atoms with Gasteiger partial charge in [0.05, 0.1) is 18.3 Å². The van der Waals surface area contributed by atoms with Crippen molar-refractivity contribution < 1.29 is 9.47 Å². The van der Waals surface area contributed by atoms with Gasteiger partial charge in [0.15, 0.2) is 0 Å². The van der Waals surface area contributed by atoms with Crippen molar-refractivity contribution in [1.82, 2.24) is 5.32 Å². The molecule has 98 valence electrons. The maximum absolute atomic E-state index is 5.93. The summed E-state index contributed by atoms with van der Waals surface area (Å²) in [7, 11) is 0. The Morgan fingerprint density at radius 3 is 3.00 bits per heavy atom. The van der Waals surface area contributed by atoms with Crippen LogP contribution in [0.4, 0.5) is 5.69 Å². The summed E-state index contributed by atoms with van der Waals surface area (Å²) < 4.78 is 11.5. The molecule has 0 aliphatic carbocycles. The van der Waals surface area contributed by atoms with E-state index >= 15 is 0 Å². The smallest absolute Gasteiger partial charge is 0.142 e. The van der Waals surface area contributed by atoms with Crippen LogP contribution in [0.15, 0.2) is 24.3 Å². The predicted octanol–water partition coefficient (Wildman–Crippen LogP) is 1.63. The minimum atomic E-state index is 0.196. The van der Waals surface area contributed by atoms with Crippen molar-refractivity contribution >= 4 is 5.69 Å². The molecular formula is C14H20N2O2. The van der Waals surface area contributed by atoms with E-state index in [2.05, 4.69) is 10.6 Å². The molecule has 18 heavy (non-hydrogen) atoms. The molecule has 2 aliphatic heterocycles. The van der Waals surface area contributed by atoms with Gasteiger partial charge in [0.1, 0.15) is 11.9 Å². The molecule has 0 bridgehead atoms. The molecule has 4 heteroatoms. The van der Waals surface area contributed by atoms with Crippen LogP contribution in [-0.4, -0.2) is 38.4 Å². The zero-order valence-electron chi connectivity index (χ0n) is 10.5. The number of anilines is 1. The molecule has 3 rings (SSSR count). The van der Waals surface area contributed by atoms with Crippen molar-refractivity contribution in [3.8, 4) is 5.75 Å². The van der Waals surface area contributed by atoms with Crippen molar-refractivity contribution in [2.24, 2.45) is 0 Å². The van der Waals surface area contributed by atoms with E-state index in [0.717, 1.165) is 37.7 Å². The highest BCUT2D eigenvalue weighted by molar-refractivity contribution is 5.57. The standard InChI is InChI=1S/C14H20N2O2/c1-2-6-14-13(5-1)16-10-12(18-14)9-15-8-11-4-3-7-17-11/h1-2,5-6,11-12,15-16H,3-4,7-10H2. The molecule has 2 unspecified atom stereocenters. The largest absolute Gasteiger partial charge is 0.485 e. The maximum Gasteiger partial charge on any atom is 0.142 e. The van der Waals surface area contributed by atoms with Crippen LogP contribution in [0.1, 0.15) is 12.8 Å². The number of ether oxygens (including phenoxy) is 2. The summed E-state index contributed by atoms with van der Waals surface area (Å²) in [6.07, 6.45) is 2.97. The van der Waals surface area contributed by atoms with Crippen LogP contribution in [-0.2, 0) is 4.74 Å². The fourth-order valence-electron chi connectivity index (χ4n) is 2.48. The van der Waals surface area contributed by atoms with Gasteiger partial charge in [-0.25, -0.2) is 0 Å². The van der Waals surface area contributed by atoms with Gasteiger partial charge in [0.2, 0.25) is 0 Å². The number of fused-ring (bicyclic) bond motifs is 1. The summed E-state index contributed by atoms with van der Waals surface area (Å²) in [6, 6.07) is 8.08. The second-order valence-electron chi connectivity index (χ2n) is 4.91. The van der Waals surface area contributed by atoms with E-state index in [4.69, 9.17) is 9.47 Å². The maximum atomic E-state index is 5.93. The Balaban J connectivity index is 1.44. The van der Waals surface area contributed by atoms with E-state index in [0.29, 0.717) is 6.10 Å². The second kappa shape index (κ2) is 5.59. The molecule has 0 saturated carbocycles. The Kier molecular flexibility index (Phi) is 3.67. The number of rotatable bonds is 4. The normalized spacial score (nSPS) is 26.2. The average Bonchev–Trinajstić information content (AvgIpc) is 2.92. The fourth-order valence-corrected chi connectivity index (χ4v) is 2.48. The van der Waals surface area contributed by atoms with E-state index in [-0.39, 0.29) is 6.10 Å². The molecule has 1 saturated heterocycles. The summed E-state index contributed by atoms with van der Waals surface area (Å²) >= 11 is 0. The van der Waals surface area contributed by atoms with Crippen molar-refractivity contribution in [3.63, 3.8) is 0 Å². The molecule has 0 aromatic heterocycles. The van der Waals surface area contributed by atoms with Gasteiger partial charge < -0.3 is 20.1 Å². The number of hydrogen-bond acceptors (Lipinski definition) is 4. The first-order valence-electron chi connectivity index (χ1n) is 6.74. The summed E-state index contributed by atoms with van der Waals surface area (Å²) in [5, 5.41) is 6.83. The van der Waals surface area contributed by atoms with Crippen LogP contribution in [0.2, 0.25) is 0 Å². The Morgan fingerprint density at radius 1 is 1.22 bits per heavy atom. The van der Waals surface area contributed by atoms with Crippen molar-refractivity contribution in [1.29, 1.82) is 0 Å². The minimum absolute atomic E-state index is 0.196. The molecule has 0 spiro atoms. The highest BCUT2D eigenvalue weighted by Crippen LogP contribution is 2.27. The van der Waals surface area contributed by atoms with Crippen molar-refractivity contribution in [2.75, 3.05) is 31.6 Å². The Labute approximate surface area is 108 Å². The summed E-state index contributed by atoms with van der Waals surface area (Å²) in [4.78, 5) is 0. The van der Waals surface area contributed by atoms with Crippen LogP contribution >= 0.6 is 0 Å². The summed E-state index contributed by atoms with van der Waals surface area (Å²) in [6.45, 7) is 3.57. The third kappa shape index (κ3) is 2.76. The lowest BCUT2D eigenvalue weighted by Gasteiger charge is -2.27. The molecule has 2 aliphatic rings. The van der Waals surface area contributed by atoms with E-state index in [1.165, 1.54) is 12.8 Å². The first-order valence-corrected chi connectivity index (χ1v) is 6.74. The lowest BCUT2D eigenvalue weighted by Crippen LogP contribution is -2.41. The van der Waals surface area contributed by atoms with Crippen LogP contribution in [0.3, 0.4) is 0 Å². The fraction of sp³-hybridized carbons (Fsp3) is 0.571. The molecule has 1 aromatic carbocycles. The summed E-state index contributed by atoms with van der Waals surface area (Å²) in [5.41, 5.74) is 1.09. The lowest BCUT2D eigenvalue weighted by atomic mass is 10.2. The Bertz CT molecular complexity index is 391. The monoisotopic (exact) mass is 248 g/mol. The zero-order chi connectivity index (χ0) is 12.2. The Hall–Kier alpha value is -1.26. The van der Waals surface area contributed by atoms with E-state index in [1.807, 2.05) is 24.3 Å². The van der Waals surface area contributed by atoms with E-state index < -0.39 is 0 Å². The quantitative estimate of drug-likeness (QED) is 0.850. The second-order valence-corrected chi connectivity index (χ2v) is 4.91. The topological polar surface area (TPSA) is 42.5 Å². The number of benzene rings is 1. The minimum Gasteiger partial charge on any atom is -0.485 e. The van der Waals surface area contributed by atoms with E-state index in [9.17, 15) is 0 Å². The molecule has 2 N–H and O–H groups in total. The van der Waals surface area contributed by atoms with Crippen molar-refractivity contribution in [3.05, 3.63) is 24.3 Å². The molecule has 0 amide bonds. The molecule has 1 aromatic rings. The van der Waals surface area contributed by atoms with Crippen LogP contribution in [0, 0.1) is 0 Å². The molecular weight excluding hydrogens is 228 g/mol. The first-order chi connectivity index (χ1) is 8.92. The van der Waals surface area contributed by atoms with Gasteiger partial charge in [-0.05, 0) is 25.0 Å². The van der Waals surface area contributed by atoms with Gasteiger partial charge in [-0.3, -0.25) is 0 Å². The molecule has 0 radical (unpaired) electrons. The number of para-hydroxylation sites is 2. The van der Waals surface area contributed by atoms with Gasteiger partial charge in [-0.2, -0.15) is 0 Å². The number of nitrogens with one attached hydrogen (secondary N) is 2. The first kappa shape index (κ1) is 11.8. The third-order valence-corrected chi connectivity index (χ3v) is 3.47. The SMILES string of the molecule is c1ccc2c(c1)NCC(CNCC1CCCO1)O2. The molecule has 2 atom stereocenters. The van der Waals surface area contributed by atoms with Gasteiger partial charge in [-0.1, -0.05) is 12.1 Å². The lowest BCUT2D eigenvalue weighted by molar-refractivity contribution is 0.106. The predicted molar refractivity (Wildman–Crippen MR) is 71.2 cm³/mol. The molecule has 2 heterocycles. The van der Waals surface area contributed by atoms with Crippen molar-refractivity contribution in [2.45, 2.75) is 25.0 Å². The van der Waals surface area contributed by atoms with Gasteiger partial charge >= 0.3 is 0 Å². The zero-order valence-corrected chi connectivity index (χ0v) is 10.5. The summed E-state index contributed by atoms with van der Waals surface area (Å²) in [5.74, 6) is 0.952. The van der Waals surface area contributed by atoms with Crippen LogP contribution < -0.4 is 15.4 Å². The Morgan fingerprint density at radius 2 is 2.11 bits per heavy atom. The van der Waals surface area contributed by atoms with E-state index in [1.54, 1.807) is 0 Å². The highest BCUT2D eigenvalue weighted by Gasteiger charge is 2.20. The third-order valence-electron chi connectivity index (χ3n) is 3.47. The van der Waals surface area contributed by atoms with Gasteiger partial charge in [0.25, 0.3) is 0 Å². The van der Waals surface area contributed by atoms with Gasteiger partial charge in [-0.15, -0.1) is 0 Å². The van der Waals surface area contributed by atoms with Crippen LogP contribution in [0.5, 0.6) is 5.75 Å². The van der Waals surface area contributed by atoms with Gasteiger partial charge in [0, 0.05) is 19.7 Å². The molecule has 1 fully saturated rings. The average molecular weight is 248 g/mol. The number of hydrogen-bond donors (Lipinski definition) is 2. The van der Waals surface area contributed by atoms with Crippen LogP contribution in [0.25, 0.3) is 0 Å².